The number of hydrogen-bond donors (Lipinski definition) is 1. The number of nitrogens with one attached hydrogen (secondary N) is 1. The van der Waals surface area contributed by atoms with Crippen molar-refractivity contribution >= 4 is 30.0 Å². The van der Waals surface area contributed by atoms with E-state index in [1.807, 2.05) is 19.1 Å². The number of hydrogen-bond acceptors (Lipinski definition) is 3. The van der Waals surface area contributed by atoms with E-state index in [9.17, 15) is 4.79 Å². The normalized spacial score (nSPS) is 9.53. The van der Waals surface area contributed by atoms with E-state index in [-0.39, 0.29) is 18.4 Å². The van der Waals surface area contributed by atoms with Crippen LogP contribution in [0.4, 0.5) is 0 Å². The first-order valence-electron chi connectivity index (χ1n) is 5.24. The lowest BCUT2D eigenvalue weighted by Crippen LogP contribution is -2.23. The minimum Gasteiger partial charge on any atom is -0.461 e. The predicted octanol–water partition coefficient (Wildman–Crippen LogP) is 2.40. The fourth-order valence-corrected chi connectivity index (χ4v) is 1.31. The van der Waals surface area contributed by atoms with Crippen molar-refractivity contribution in [3.63, 3.8) is 0 Å². The second-order valence-corrected chi connectivity index (χ2v) is 3.82. The van der Waals surface area contributed by atoms with Crippen molar-refractivity contribution < 1.29 is 9.53 Å². The molecule has 0 aliphatic carbocycles. The lowest BCUT2D eigenvalue weighted by atomic mass is 10.1. The Hall–Kier alpha value is -0.770. The average molecular weight is 278 g/mol. The molecular formula is C12H17Cl2NO2. The van der Waals surface area contributed by atoms with Gasteiger partial charge in [-0.25, -0.2) is 4.79 Å². The lowest BCUT2D eigenvalue weighted by molar-refractivity contribution is 0.0509. The van der Waals surface area contributed by atoms with Gasteiger partial charge < -0.3 is 10.1 Å². The number of carbonyl (C=O) groups excluding carboxylic acids is 1. The Morgan fingerprint density at radius 2 is 1.94 bits per heavy atom. The van der Waals surface area contributed by atoms with Gasteiger partial charge in [-0.3, -0.25) is 0 Å². The molecule has 0 heterocycles. The summed E-state index contributed by atoms with van der Waals surface area (Å²) in [6.45, 7) is 3.70. The summed E-state index contributed by atoms with van der Waals surface area (Å²) in [6, 6.07) is 7.32. The summed E-state index contributed by atoms with van der Waals surface area (Å²) in [4.78, 5) is 11.5. The number of alkyl halides is 1. The summed E-state index contributed by atoms with van der Waals surface area (Å²) in [6.07, 6.45) is 0. The van der Waals surface area contributed by atoms with E-state index < -0.39 is 0 Å². The van der Waals surface area contributed by atoms with Crippen LogP contribution < -0.4 is 5.32 Å². The molecule has 0 bridgehead atoms. The minimum absolute atomic E-state index is 0. The molecule has 1 aromatic rings. The van der Waals surface area contributed by atoms with E-state index >= 15 is 0 Å². The Bertz CT molecular complexity index is 328. The van der Waals surface area contributed by atoms with Gasteiger partial charge in [0.25, 0.3) is 0 Å². The van der Waals surface area contributed by atoms with E-state index in [1.54, 1.807) is 12.1 Å². The highest BCUT2D eigenvalue weighted by atomic mass is 35.5. The number of ether oxygens (including phenoxy) is 1. The molecular weight excluding hydrogens is 261 g/mol. The molecule has 3 nitrogen and oxygen atoms in total. The van der Waals surface area contributed by atoms with Crippen molar-refractivity contribution in [1.82, 2.24) is 5.32 Å². The molecule has 0 amide bonds. The molecule has 0 atom stereocenters. The number of halogens is 2. The highest BCUT2D eigenvalue weighted by molar-refractivity contribution is 6.18. The van der Waals surface area contributed by atoms with Crippen molar-refractivity contribution in [3.8, 4) is 0 Å². The van der Waals surface area contributed by atoms with Crippen LogP contribution in [0.15, 0.2) is 24.3 Å². The summed E-state index contributed by atoms with van der Waals surface area (Å²) in [7, 11) is 0. The van der Waals surface area contributed by atoms with Gasteiger partial charge in [0.1, 0.15) is 6.61 Å². The molecule has 0 spiro atoms. The Morgan fingerprint density at radius 3 is 2.53 bits per heavy atom. The molecule has 1 N–H and O–H groups in total. The Labute approximate surface area is 113 Å². The average Bonchev–Trinajstić information content (AvgIpc) is 2.29. The van der Waals surface area contributed by atoms with Crippen LogP contribution in [0.1, 0.15) is 15.9 Å². The first-order valence-corrected chi connectivity index (χ1v) is 5.78. The van der Waals surface area contributed by atoms with Crippen LogP contribution in [0.3, 0.4) is 0 Å². The van der Waals surface area contributed by atoms with E-state index in [0.29, 0.717) is 24.6 Å². The topological polar surface area (TPSA) is 38.3 Å². The van der Waals surface area contributed by atoms with E-state index in [1.165, 1.54) is 0 Å². The third-order valence-corrected chi connectivity index (χ3v) is 2.26. The Balaban J connectivity index is 0.00000256. The standard InChI is InChI=1S/C12H16ClNO2.ClH/c1-10-2-4-11(5-3-10)12(15)16-9-8-14-7-6-13;/h2-5,14H,6-9H2,1H3;1H. The zero-order valence-corrected chi connectivity index (χ0v) is 11.3. The molecule has 1 rings (SSSR count). The molecule has 0 saturated carbocycles. The van der Waals surface area contributed by atoms with Gasteiger partial charge in [0, 0.05) is 19.0 Å². The molecule has 0 aromatic heterocycles. The first kappa shape index (κ1) is 16.2. The Morgan fingerprint density at radius 1 is 1.29 bits per heavy atom. The zero-order valence-electron chi connectivity index (χ0n) is 9.74. The summed E-state index contributed by atoms with van der Waals surface area (Å²) < 4.78 is 5.07. The fourth-order valence-electron chi connectivity index (χ4n) is 1.18. The molecule has 0 aliphatic rings. The van der Waals surface area contributed by atoms with Gasteiger partial charge in [-0.1, -0.05) is 17.7 Å². The highest BCUT2D eigenvalue weighted by Crippen LogP contribution is 2.04. The van der Waals surface area contributed by atoms with Gasteiger partial charge in [-0.05, 0) is 19.1 Å². The summed E-state index contributed by atoms with van der Waals surface area (Å²) in [5.74, 6) is 0.277. The zero-order chi connectivity index (χ0) is 11.8. The quantitative estimate of drug-likeness (QED) is 0.493. The summed E-state index contributed by atoms with van der Waals surface area (Å²) in [5.41, 5.74) is 1.71. The molecule has 0 saturated heterocycles. The minimum atomic E-state index is -0.285. The van der Waals surface area contributed by atoms with Crippen LogP contribution in [-0.2, 0) is 4.74 Å². The lowest BCUT2D eigenvalue weighted by Gasteiger charge is -2.05. The van der Waals surface area contributed by atoms with Crippen molar-refractivity contribution in [2.75, 3.05) is 25.6 Å². The van der Waals surface area contributed by atoms with Crippen LogP contribution in [0.5, 0.6) is 0 Å². The number of rotatable bonds is 6. The number of aryl methyl sites for hydroxylation is 1. The van der Waals surface area contributed by atoms with Crippen LogP contribution in [-0.4, -0.2) is 31.5 Å². The molecule has 96 valence electrons. The van der Waals surface area contributed by atoms with Gasteiger partial charge in [-0.2, -0.15) is 0 Å². The number of benzene rings is 1. The van der Waals surface area contributed by atoms with Crippen molar-refractivity contribution in [2.24, 2.45) is 0 Å². The summed E-state index contributed by atoms with van der Waals surface area (Å²) >= 11 is 5.48. The maximum absolute atomic E-state index is 11.5. The third kappa shape index (κ3) is 6.51. The fraction of sp³-hybridized carbons (Fsp3) is 0.417. The van der Waals surface area contributed by atoms with Gasteiger partial charge in [0.2, 0.25) is 0 Å². The van der Waals surface area contributed by atoms with E-state index in [2.05, 4.69) is 5.32 Å². The van der Waals surface area contributed by atoms with Crippen molar-refractivity contribution in [3.05, 3.63) is 35.4 Å². The maximum atomic E-state index is 11.5. The maximum Gasteiger partial charge on any atom is 0.338 e. The van der Waals surface area contributed by atoms with E-state index in [0.717, 1.165) is 12.1 Å². The number of carbonyl (C=O) groups is 1. The van der Waals surface area contributed by atoms with Crippen LogP contribution in [0.2, 0.25) is 0 Å². The van der Waals surface area contributed by atoms with Crippen molar-refractivity contribution in [2.45, 2.75) is 6.92 Å². The smallest absolute Gasteiger partial charge is 0.338 e. The number of esters is 1. The third-order valence-electron chi connectivity index (χ3n) is 2.07. The second kappa shape index (κ2) is 9.28. The van der Waals surface area contributed by atoms with E-state index in [4.69, 9.17) is 16.3 Å². The molecule has 1 aromatic carbocycles. The van der Waals surface area contributed by atoms with Gasteiger partial charge in [-0.15, -0.1) is 24.0 Å². The van der Waals surface area contributed by atoms with Crippen LogP contribution in [0.25, 0.3) is 0 Å². The van der Waals surface area contributed by atoms with Gasteiger partial charge in [0.15, 0.2) is 0 Å². The SMILES string of the molecule is Cc1ccc(C(=O)OCCNCCCl)cc1.Cl. The summed E-state index contributed by atoms with van der Waals surface area (Å²) in [5, 5.41) is 3.04. The molecule has 0 unspecified atom stereocenters. The largest absolute Gasteiger partial charge is 0.461 e. The molecule has 0 fully saturated rings. The second-order valence-electron chi connectivity index (χ2n) is 3.44. The van der Waals surface area contributed by atoms with Gasteiger partial charge >= 0.3 is 5.97 Å². The molecule has 17 heavy (non-hydrogen) atoms. The van der Waals surface area contributed by atoms with Crippen LogP contribution in [0, 0.1) is 6.92 Å². The first-order chi connectivity index (χ1) is 7.74. The highest BCUT2D eigenvalue weighted by Gasteiger charge is 2.05. The Kier molecular flexibility index (Phi) is 8.86. The predicted molar refractivity (Wildman–Crippen MR) is 72.3 cm³/mol. The molecule has 5 heteroatoms. The molecule has 0 aliphatic heterocycles. The molecule has 0 radical (unpaired) electrons. The monoisotopic (exact) mass is 277 g/mol. The van der Waals surface area contributed by atoms with Crippen molar-refractivity contribution in [1.29, 1.82) is 0 Å². The van der Waals surface area contributed by atoms with Gasteiger partial charge in [0.05, 0.1) is 5.56 Å². The van der Waals surface area contributed by atoms with Crippen LogP contribution >= 0.6 is 24.0 Å².